The van der Waals surface area contributed by atoms with E-state index in [0.717, 1.165) is 51.4 Å². The maximum atomic E-state index is 12.3. The Morgan fingerprint density at radius 3 is 2.72 bits per heavy atom. The van der Waals surface area contributed by atoms with Crippen LogP contribution in [0.4, 0.5) is 0 Å². The summed E-state index contributed by atoms with van der Waals surface area (Å²) in [6.45, 7) is 4.01. The SMILES string of the molecule is CCCCC(C)(O)CC=C[C@H]1CCC(=O)[C@@H]1CCCCCC(SCCO)C(=O)O. The Labute approximate surface area is 180 Å². The van der Waals surface area contributed by atoms with Crippen molar-refractivity contribution in [2.75, 3.05) is 12.4 Å². The summed E-state index contributed by atoms with van der Waals surface area (Å²) in [5, 5.41) is 28.0. The van der Waals surface area contributed by atoms with Crippen LogP contribution in [-0.4, -0.2) is 50.3 Å². The van der Waals surface area contributed by atoms with Gasteiger partial charge in [0.05, 0.1) is 12.2 Å². The molecule has 2 unspecified atom stereocenters. The second-order valence-electron chi connectivity index (χ2n) is 8.57. The van der Waals surface area contributed by atoms with Gasteiger partial charge in [0.2, 0.25) is 0 Å². The third kappa shape index (κ3) is 10.7. The topological polar surface area (TPSA) is 94.8 Å². The van der Waals surface area contributed by atoms with Crippen LogP contribution in [0.5, 0.6) is 0 Å². The van der Waals surface area contributed by atoms with Gasteiger partial charge in [0.1, 0.15) is 11.0 Å². The molecule has 6 heteroatoms. The number of carboxylic acid groups (broad SMARTS) is 1. The van der Waals surface area contributed by atoms with E-state index in [-0.39, 0.29) is 18.4 Å². The largest absolute Gasteiger partial charge is 0.480 e. The van der Waals surface area contributed by atoms with Gasteiger partial charge in [-0.25, -0.2) is 0 Å². The lowest BCUT2D eigenvalue weighted by molar-refractivity contribution is -0.136. The summed E-state index contributed by atoms with van der Waals surface area (Å²) in [6, 6.07) is 0. The van der Waals surface area contributed by atoms with Crippen molar-refractivity contribution < 1.29 is 24.9 Å². The van der Waals surface area contributed by atoms with Crippen LogP contribution in [0.25, 0.3) is 0 Å². The molecule has 0 saturated heterocycles. The highest BCUT2D eigenvalue weighted by Crippen LogP contribution is 2.34. The van der Waals surface area contributed by atoms with Crippen LogP contribution >= 0.6 is 11.8 Å². The van der Waals surface area contributed by atoms with Crippen LogP contribution in [0.3, 0.4) is 0 Å². The summed E-state index contributed by atoms with van der Waals surface area (Å²) >= 11 is 1.30. The number of aliphatic carboxylic acids is 1. The average molecular weight is 429 g/mol. The molecule has 4 atom stereocenters. The number of hydrogen-bond acceptors (Lipinski definition) is 5. The molecular formula is C23H40O5S. The normalized spacial score (nSPS) is 22.8. The van der Waals surface area contributed by atoms with Crippen LogP contribution in [-0.2, 0) is 9.59 Å². The third-order valence-corrected chi connectivity index (χ3v) is 7.09. The zero-order chi connectivity index (χ0) is 21.7. The molecule has 0 heterocycles. The van der Waals surface area contributed by atoms with Gasteiger partial charge in [-0.1, -0.05) is 51.2 Å². The first-order valence-corrected chi connectivity index (χ1v) is 12.2. The molecule has 0 aromatic rings. The predicted molar refractivity (Wildman–Crippen MR) is 119 cm³/mol. The van der Waals surface area contributed by atoms with Crippen molar-refractivity contribution in [2.24, 2.45) is 11.8 Å². The maximum Gasteiger partial charge on any atom is 0.316 e. The van der Waals surface area contributed by atoms with E-state index in [1.807, 2.05) is 6.92 Å². The van der Waals surface area contributed by atoms with Crippen molar-refractivity contribution in [1.29, 1.82) is 0 Å². The molecule has 5 nitrogen and oxygen atoms in total. The zero-order valence-electron chi connectivity index (χ0n) is 18.1. The minimum atomic E-state index is -0.811. The molecule has 0 aromatic carbocycles. The highest BCUT2D eigenvalue weighted by Gasteiger charge is 2.32. The third-order valence-electron chi connectivity index (χ3n) is 5.83. The minimum Gasteiger partial charge on any atom is -0.480 e. The lowest BCUT2D eigenvalue weighted by Crippen LogP contribution is -2.22. The fourth-order valence-electron chi connectivity index (χ4n) is 4.04. The van der Waals surface area contributed by atoms with Gasteiger partial charge >= 0.3 is 5.97 Å². The Morgan fingerprint density at radius 1 is 1.31 bits per heavy atom. The quantitative estimate of drug-likeness (QED) is 0.246. The number of carbonyl (C=O) groups is 2. The molecule has 3 N–H and O–H groups in total. The molecule has 0 amide bonds. The number of rotatable bonds is 16. The van der Waals surface area contributed by atoms with E-state index in [0.29, 0.717) is 30.8 Å². The van der Waals surface area contributed by atoms with E-state index in [1.165, 1.54) is 11.8 Å². The molecule has 1 saturated carbocycles. The molecule has 0 bridgehead atoms. The van der Waals surface area contributed by atoms with Crippen LogP contribution < -0.4 is 0 Å². The Kier molecular flexibility index (Phi) is 12.8. The second-order valence-corrected chi connectivity index (χ2v) is 9.88. The summed E-state index contributed by atoms with van der Waals surface area (Å²) in [7, 11) is 0. The highest BCUT2D eigenvalue weighted by atomic mass is 32.2. The van der Waals surface area contributed by atoms with Gasteiger partial charge in [-0.3, -0.25) is 9.59 Å². The molecular weight excluding hydrogens is 388 g/mol. The number of carboxylic acids is 1. The fraction of sp³-hybridized carbons (Fsp3) is 0.826. The summed E-state index contributed by atoms with van der Waals surface area (Å²) in [5.74, 6) is 0.336. The Morgan fingerprint density at radius 2 is 2.07 bits per heavy atom. The number of aliphatic hydroxyl groups is 2. The molecule has 168 valence electrons. The molecule has 1 fully saturated rings. The first kappa shape index (κ1) is 26.2. The molecule has 0 aromatic heterocycles. The summed E-state index contributed by atoms with van der Waals surface area (Å²) in [5.41, 5.74) is -0.667. The van der Waals surface area contributed by atoms with Crippen LogP contribution in [0, 0.1) is 11.8 Å². The number of unbranched alkanes of at least 4 members (excludes halogenated alkanes) is 3. The number of hydrogen-bond donors (Lipinski definition) is 3. The molecule has 29 heavy (non-hydrogen) atoms. The van der Waals surface area contributed by atoms with Crippen molar-refractivity contribution in [3.05, 3.63) is 12.2 Å². The van der Waals surface area contributed by atoms with Crippen LogP contribution in [0.1, 0.15) is 84.5 Å². The van der Waals surface area contributed by atoms with Gasteiger partial charge in [-0.15, -0.1) is 11.8 Å². The number of Topliss-reactive ketones (excluding diaryl/α,β-unsaturated/α-hetero) is 1. The van der Waals surface area contributed by atoms with Crippen LogP contribution in [0.15, 0.2) is 12.2 Å². The van der Waals surface area contributed by atoms with Crippen molar-refractivity contribution in [2.45, 2.75) is 95.3 Å². The first-order valence-electron chi connectivity index (χ1n) is 11.2. The molecule has 1 aliphatic carbocycles. The number of carbonyl (C=O) groups excluding carboxylic acids is 1. The fourth-order valence-corrected chi connectivity index (χ4v) is 4.91. The number of ketones is 1. The summed E-state index contributed by atoms with van der Waals surface area (Å²) in [6.07, 6.45) is 13.4. The molecule has 0 aliphatic heterocycles. The van der Waals surface area contributed by atoms with Crippen molar-refractivity contribution >= 4 is 23.5 Å². The smallest absolute Gasteiger partial charge is 0.316 e. The summed E-state index contributed by atoms with van der Waals surface area (Å²) < 4.78 is 0. The maximum absolute atomic E-state index is 12.3. The monoisotopic (exact) mass is 428 g/mol. The van der Waals surface area contributed by atoms with E-state index in [4.69, 9.17) is 5.11 Å². The summed E-state index contributed by atoms with van der Waals surface area (Å²) in [4.78, 5) is 23.5. The van der Waals surface area contributed by atoms with Gasteiger partial charge in [-0.05, 0) is 44.9 Å². The minimum absolute atomic E-state index is 0.00117. The molecule has 0 spiro atoms. The molecule has 1 rings (SSSR count). The molecule has 1 aliphatic rings. The van der Waals surface area contributed by atoms with Gasteiger partial charge in [0, 0.05) is 18.1 Å². The van der Waals surface area contributed by atoms with Gasteiger partial charge < -0.3 is 15.3 Å². The number of aliphatic hydroxyl groups excluding tert-OH is 1. The lowest BCUT2D eigenvalue weighted by atomic mass is 9.88. The standard InChI is InChI=1S/C23H40O5S/c1-3-4-14-23(2,28)15-8-9-18-12-13-20(25)19(18)10-6-5-7-11-21(22(26)27)29-17-16-24/h8-9,18-19,21,24,28H,3-7,10-17H2,1-2H3,(H,26,27)/t18-,19+,21?,23?/m0/s1. The van der Waals surface area contributed by atoms with E-state index >= 15 is 0 Å². The average Bonchev–Trinajstić information content (AvgIpc) is 3.01. The molecule has 0 radical (unpaired) electrons. The van der Waals surface area contributed by atoms with Gasteiger partial charge in [0.25, 0.3) is 0 Å². The van der Waals surface area contributed by atoms with Crippen molar-refractivity contribution in [1.82, 2.24) is 0 Å². The van der Waals surface area contributed by atoms with E-state index in [2.05, 4.69) is 19.1 Å². The first-order chi connectivity index (χ1) is 13.8. The van der Waals surface area contributed by atoms with Crippen molar-refractivity contribution in [3.8, 4) is 0 Å². The zero-order valence-corrected chi connectivity index (χ0v) is 19.0. The van der Waals surface area contributed by atoms with Crippen molar-refractivity contribution in [3.63, 3.8) is 0 Å². The second kappa shape index (κ2) is 14.2. The van der Waals surface area contributed by atoms with Crippen LogP contribution in [0.2, 0.25) is 0 Å². The lowest BCUT2D eigenvalue weighted by Gasteiger charge is -2.21. The number of thioether (sulfide) groups is 1. The Balaban J connectivity index is 2.36. The number of allylic oxidation sites excluding steroid dienone is 1. The predicted octanol–water partition coefficient (Wildman–Crippen LogP) is 4.60. The van der Waals surface area contributed by atoms with E-state index in [1.54, 1.807) is 0 Å². The highest BCUT2D eigenvalue weighted by molar-refractivity contribution is 8.00. The van der Waals surface area contributed by atoms with Gasteiger partial charge in [0.15, 0.2) is 0 Å². The van der Waals surface area contributed by atoms with E-state index in [9.17, 15) is 19.8 Å². The Hall–Kier alpha value is -0.850. The Bertz CT molecular complexity index is 517. The van der Waals surface area contributed by atoms with E-state index < -0.39 is 16.8 Å². The van der Waals surface area contributed by atoms with Gasteiger partial charge in [-0.2, -0.15) is 0 Å².